The molecule has 0 saturated heterocycles. The number of anilines is 1. The molecule has 2 aromatic carbocycles. The van der Waals surface area contributed by atoms with Crippen molar-refractivity contribution in [2.45, 2.75) is 26.6 Å². The fourth-order valence-corrected chi connectivity index (χ4v) is 2.27. The third kappa shape index (κ3) is 6.37. The van der Waals surface area contributed by atoms with Crippen LogP contribution in [0.5, 0.6) is 11.5 Å². The number of benzene rings is 2. The first kappa shape index (κ1) is 18.6. The predicted molar refractivity (Wildman–Crippen MR) is 87.8 cm³/mol. The van der Waals surface area contributed by atoms with Crippen molar-refractivity contribution in [2.24, 2.45) is 0 Å². The van der Waals surface area contributed by atoms with E-state index in [1.165, 1.54) is 18.2 Å². The Hall–Kier alpha value is -2.70. The highest BCUT2D eigenvalue weighted by atomic mass is 19.4. The van der Waals surface area contributed by atoms with Crippen LogP contribution in [0.2, 0.25) is 0 Å². The second-order valence-corrected chi connectivity index (χ2v) is 5.51. The van der Waals surface area contributed by atoms with Gasteiger partial charge < -0.3 is 14.8 Å². The van der Waals surface area contributed by atoms with Crippen LogP contribution in [0.4, 0.5) is 18.9 Å². The molecule has 0 aliphatic rings. The van der Waals surface area contributed by atoms with Crippen LogP contribution < -0.4 is 14.8 Å². The molecule has 1 N–H and O–H groups in total. The van der Waals surface area contributed by atoms with Crippen LogP contribution in [0.1, 0.15) is 17.5 Å². The number of carbonyl (C=O) groups excluding carboxylic acids is 1. The van der Waals surface area contributed by atoms with Crippen LogP contribution in [0.3, 0.4) is 0 Å². The van der Waals surface area contributed by atoms with Gasteiger partial charge in [-0.2, -0.15) is 0 Å². The Morgan fingerprint density at radius 2 is 1.72 bits per heavy atom. The molecule has 2 aromatic rings. The molecule has 2 rings (SSSR count). The Morgan fingerprint density at radius 3 is 2.36 bits per heavy atom. The van der Waals surface area contributed by atoms with E-state index in [0.717, 1.165) is 17.2 Å². The van der Waals surface area contributed by atoms with Crippen molar-refractivity contribution < 1.29 is 27.4 Å². The maximum Gasteiger partial charge on any atom is 0.573 e. The van der Waals surface area contributed by atoms with Gasteiger partial charge in [0.25, 0.3) is 0 Å². The molecular formula is C18H18F3NO3. The summed E-state index contributed by atoms with van der Waals surface area (Å²) >= 11 is 0. The van der Waals surface area contributed by atoms with Gasteiger partial charge in [-0.3, -0.25) is 4.79 Å². The number of amides is 1. The van der Waals surface area contributed by atoms with Crippen molar-refractivity contribution in [1.29, 1.82) is 0 Å². The van der Waals surface area contributed by atoms with Gasteiger partial charge in [0, 0.05) is 0 Å². The van der Waals surface area contributed by atoms with E-state index >= 15 is 0 Å². The van der Waals surface area contributed by atoms with Gasteiger partial charge in [-0.05, 0) is 49.2 Å². The summed E-state index contributed by atoms with van der Waals surface area (Å²) in [6.07, 6.45) is -4.83. The fourth-order valence-electron chi connectivity index (χ4n) is 2.27. The molecule has 0 fully saturated rings. The molecule has 0 saturated carbocycles. The number of nitrogens with one attached hydrogen (secondary N) is 1. The van der Waals surface area contributed by atoms with Crippen LogP contribution in [0.25, 0.3) is 0 Å². The summed E-state index contributed by atoms with van der Waals surface area (Å²) in [7, 11) is 0. The molecule has 0 spiro atoms. The molecular weight excluding hydrogens is 335 g/mol. The number of aryl methyl sites for hydroxylation is 2. The SMILES string of the molecule is Cc1cc(C)cc(OCCC(=O)Nc2ccccc2OC(F)(F)F)c1. The Balaban J connectivity index is 1.90. The lowest BCUT2D eigenvalue weighted by Crippen LogP contribution is -2.20. The van der Waals surface area contributed by atoms with Crippen molar-refractivity contribution in [3.05, 3.63) is 53.6 Å². The summed E-state index contributed by atoms with van der Waals surface area (Å²) in [6.45, 7) is 3.98. The zero-order chi connectivity index (χ0) is 18.4. The minimum atomic E-state index is -4.83. The highest BCUT2D eigenvalue weighted by Crippen LogP contribution is 2.30. The Bertz CT molecular complexity index is 724. The molecule has 0 heterocycles. The Kier molecular flexibility index (Phi) is 5.90. The summed E-state index contributed by atoms with van der Waals surface area (Å²) in [5.41, 5.74) is 2.03. The van der Waals surface area contributed by atoms with Gasteiger partial charge in [-0.15, -0.1) is 13.2 Å². The molecule has 0 aliphatic heterocycles. The van der Waals surface area contributed by atoms with Gasteiger partial charge in [0.2, 0.25) is 5.91 Å². The highest BCUT2D eigenvalue weighted by Gasteiger charge is 2.32. The number of halogens is 3. The van der Waals surface area contributed by atoms with E-state index in [4.69, 9.17) is 4.74 Å². The summed E-state index contributed by atoms with van der Waals surface area (Å²) in [4.78, 5) is 11.9. The van der Waals surface area contributed by atoms with Gasteiger partial charge in [0.1, 0.15) is 5.75 Å². The minimum Gasteiger partial charge on any atom is -0.493 e. The van der Waals surface area contributed by atoms with Gasteiger partial charge >= 0.3 is 6.36 Å². The lowest BCUT2D eigenvalue weighted by Gasteiger charge is -2.14. The number of hydrogen-bond acceptors (Lipinski definition) is 3. The summed E-state index contributed by atoms with van der Waals surface area (Å²) in [5.74, 6) is -0.285. The van der Waals surface area contributed by atoms with Crippen molar-refractivity contribution in [2.75, 3.05) is 11.9 Å². The van der Waals surface area contributed by atoms with E-state index in [-0.39, 0.29) is 18.7 Å². The van der Waals surface area contributed by atoms with E-state index in [0.29, 0.717) is 5.75 Å². The number of rotatable bonds is 6. The smallest absolute Gasteiger partial charge is 0.493 e. The molecule has 1 amide bonds. The Labute approximate surface area is 143 Å². The number of alkyl halides is 3. The normalized spacial score (nSPS) is 11.1. The number of ether oxygens (including phenoxy) is 2. The zero-order valence-corrected chi connectivity index (χ0v) is 13.8. The lowest BCUT2D eigenvalue weighted by molar-refractivity contribution is -0.274. The molecule has 0 aromatic heterocycles. The average Bonchev–Trinajstić information content (AvgIpc) is 2.47. The second-order valence-electron chi connectivity index (χ2n) is 5.51. The van der Waals surface area contributed by atoms with E-state index in [2.05, 4.69) is 10.1 Å². The zero-order valence-electron chi connectivity index (χ0n) is 13.8. The first-order valence-corrected chi connectivity index (χ1v) is 7.59. The molecule has 0 aliphatic carbocycles. The van der Waals surface area contributed by atoms with Gasteiger partial charge in [0.15, 0.2) is 5.75 Å². The van der Waals surface area contributed by atoms with E-state index in [1.54, 1.807) is 0 Å². The quantitative estimate of drug-likeness (QED) is 0.825. The lowest BCUT2D eigenvalue weighted by atomic mass is 10.1. The molecule has 0 unspecified atom stereocenters. The van der Waals surface area contributed by atoms with Gasteiger partial charge in [-0.1, -0.05) is 18.2 Å². The van der Waals surface area contributed by atoms with Crippen molar-refractivity contribution >= 4 is 11.6 Å². The van der Waals surface area contributed by atoms with E-state index in [1.807, 2.05) is 32.0 Å². The van der Waals surface area contributed by atoms with Crippen molar-refractivity contribution in [3.8, 4) is 11.5 Å². The van der Waals surface area contributed by atoms with E-state index < -0.39 is 18.0 Å². The van der Waals surface area contributed by atoms with Crippen molar-refractivity contribution in [3.63, 3.8) is 0 Å². The van der Waals surface area contributed by atoms with Crippen LogP contribution in [0.15, 0.2) is 42.5 Å². The molecule has 0 radical (unpaired) electrons. The molecule has 0 atom stereocenters. The summed E-state index contributed by atoms with van der Waals surface area (Å²) in [6, 6.07) is 11.1. The van der Waals surface area contributed by atoms with Crippen LogP contribution >= 0.6 is 0 Å². The Morgan fingerprint density at radius 1 is 1.08 bits per heavy atom. The summed E-state index contributed by atoms with van der Waals surface area (Å²) in [5, 5.41) is 2.40. The number of hydrogen-bond donors (Lipinski definition) is 1. The monoisotopic (exact) mass is 353 g/mol. The predicted octanol–water partition coefficient (Wildman–Crippen LogP) is 4.61. The topological polar surface area (TPSA) is 47.6 Å². The first-order valence-electron chi connectivity index (χ1n) is 7.59. The maximum absolute atomic E-state index is 12.4. The molecule has 4 nitrogen and oxygen atoms in total. The third-order valence-corrected chi connectivity index (χ3v) is 3.18. The second kappa shape index (κ2) is 7.92. The third-order valence-electron chi connectivity index (χ3n) is 3.18. The van der Waals surface area contributed by atoms with Crippen LogP contribution in [-0.2, 0) is 4.79 Å². The molecule has 134 valence electrons. The summed E-state index contributed by atoms with van der Waals surface area (Å²) < 4.78 is 46.5. The van der Waals surface area contributed by atoms with Crippen LogP contribution in [0, 0.1) is 13.8 Å². The van der Waals surface area contributed by atoms with Gasteiger partial charge in [-0.25, -0.2) is 0 Å². The molecule has 0 bridgehead atoms. The maximum atomic E-state index is 12.4. The number of para-hydroxylation sites is 2. The van der Waals surface area contributed by atoms with Crippen LogP contribution in [-0.4, -0.2) is 18.9 Å². The standard InChI is InChI=1S/C18H18F3NO3/c1-12-9-13(2)11-14(10-12)24-8-7-17(23)22-15-5-3-4-6-16(15)25-18(19,20)21/h3-6,9-11H,7-8H2,1-2H3,(H,22,23). The fraction of sp³-hybridized carbons (Fsp3) is 0.278. The van der Waals surface area contributed by atoms with E-state index in [9.17, 15) is 18.0 Å². The molecule has 7 heteroatoms. The number of carbonyl (C=O) groups is 1. The first-order chi connectivity index (χ1) is 11.7. The van der Waals surface area contributed by atoms with Gasteiger partial charge in [0.05, 0.1) is 18.7 Å². The average molecular weight is 353 g/mol. The highest BCUT2D eigenvalue weighted by molar-refractivity contribution is 5.92. The largest absolute Gasteiger partial charge is 0.573 e. The molecule has 25 heavy (non-hydrogen) atoms. The van der Waals surface area contributed by atoms with Crippen molar-refractivity contribution in [1.82, 2.24) is 0 Å². The minimum absolute atomic E-state index is 0.00661.